The van der Waals surface area contributed by atoms with E-state index in [1.165, 1.54) is 8.65 Å². The van der Waals surface area contributed by atoms with Gasteiger partial charge >= 0.3 is 0 Å². The van der Waals surface area contributed by atoms with Gasteiger partial charge in [-0.2, -0.15) is 10.4 Å². The Kier molecular flexibility index (Phi) is 4.95. The summed E-state index contributed by atoms with van der Waals surface area (Å²) in [4.78, 5) is 0.224. The summed E-state index contributed by atoms with van der Waals surface area (Å²) in [6, 6.07) is 17.6. The molecule has 0 amide bonds. The summed E-state index contributed by atoms with van der Waals surface area (Å²) in [5.74, 6) is -0.0352. The number of rotatable bonds is 4. The third-order valence-corrected chi connectivity index (χ3v) is 7.88. The van der Waals surface area contributed by atoms with Crippen molar-refractivity contribution >= 4 is 31.8 Å². The fourth-order valence-electron chi connectivity index (χ4n) is 4.42. The zero-order valence-electron chi connectivity index (χ0n) is 18.9. The van der Waals surface area contributed by atoms with Crippen LogP contribution in [0.25, 0.3) is 21.8 Å². The van der Waals surface area contributed by atoms with E-state index >= 15 is 0 Å². The summed E-state index contributed by atoms with van der Waals surface area (Å²) in [6.45, 7) is 6.01. The average molecular weight is 471 g/mol. The van der Waals surface area contributed by atoms with E-state index in [2.05, 4.69) is 11.2 Å². The summed E-state index contributed by atoms with van der Waals surface area (Å²) in [5, 5.41) is 25.7. The predicted molar refractivity (Wildman–Crippen MR) is 130 cm³/mol. The lowest BCUT2D eigenvalue weighted by molar-refractivity contribution is 0.414. The highest BCUT2D eigenvalue weighted by molar-refractivity contribution is 7.90. The van der Waals surface area contributed by atoms with Gasteiger partial charge in [-0.05, 0) is 73.9 Å². The maximum atomic E-state index is 13.4. The minimum Gasteiger partial charge on any atom is -0.493 e. The second-order valence-corrected chi connectivity index (χ2v) is 10.3. The van der Waals surface area contributed by atoms with Gasteiger partial charge in [-0.1, -0.05) is 23.8 Å². The van der Waals surface area contributed by atoms with E-state index in [9.17, 15) is 13.5 Å². The van der Waals surface area contributed by atoms with Crippen molar-refractivity contribution < 1.29 is 13.5 Å². The van der Waals surface area contributed by atoms with Crippen LogP contribution in [-0.2, 0) is 16.6 Å². The van der Waals surface area contributed by atoms with Gasteiger partial charge in [-0.25, -0.2) is 17.1 Å². The largest absolute Gasteiger partial charge is 0.493 e. The van der Waals surface area contributed by atoms with Crippen LogP contribution in [0.4, 0.5) is 0 Å². The molecule has 0 atom stereocenters. The Labute approximate surface area is 197 Å². The number of aromatic hydroxyl groups is 1. The Morgan fingerprint density at radius 3 is 2.41 bits per heavy atom. The van der Waals surface area contributed by atoms with Crippen molar-refractivity contribution in [3.63, 3.8) is 0 Å². The standard InChI is InChI=1S/C26H22N4O3S/c1-16-4-7-20(8-5-16)34(32,33)30-11-10-21-23(17(2)12-18(3)25(21)30)15-29-26(31)22-13-19(14-27)6-9-24(22)28-29/h4-13,31H,15H2,1-3H3. The van der Waals surface area contributed by atoms with Gasteiger partial charge in [0.2, 0.25) is 5.88 Å². The molecule has 0 saturated carbocycles. The Morgan fingerprint density at radius 1 is 0.971 bits per heavy atom. The first-order valence-electron chi connectivity index (χ1n) is 10.7. The molecule has 7 nitrogen and oxygen atoms in total. The Morgan fingerprint density at radius 2 is 1.71 bits per heavy atom. The molecular weight excluding hydrogens is 448 g/mol. The van der Waals surface area contributed by atoms with Gasteiger partial charge in [0.15, 0.2) is 0 Å². The number of benzene rings is 3. The van der Waals surface area contributed by atoms with Gasteiger partial charge in [0, 0.05) is 11.6 Å². The van der Waals surface area contributed by atoms with Gasteiger partial charge in [0.05, 0.1) is 39.5 Å². The lowest BCUT2D eigenvalue weighted by Crippen LogP contribution is -2.13. The molecule has 0 aliphatic heterocycles. The first kappa shape index (κ1) is 21.7. The third-order valence-electron chi connectivity index (χ3n) is 6.18. The van der Waals surface area contributed by atoms with Crippen LogP contribution in [0.2, 0.25) is 0 Å². The fourth-order valence-corrected chi connectivity index (χ4v) is 5.83. The fraction of sp³-hybridized carbons (Fsp3) is 0.154. The number of fused-ring (bicyclic) bond motifs is 2. The molecule has 2 aromatic heterocycles. The molecular formula is C26H22N4O3S. The van der Waals surface area contributed by atoms with E-state index in [4.69, 9.17) is 5.26 Å². The Hall–Kier alpha value is -4.09. The van der Waals surface area contributed by atoms with E-state index in [0.717, 1.165) is 27.6 Å². The predicted octanol–water partition coefficient (Wildman–Crippen LogP) is 4.78. The van der Waals surface area contributed by atoms with Crippen LogP contribution >= 0.6 is 0 Å². The van der Waals surface area contributed by atoms with E-state index in [-0.39, 0.29) is 17.3 Å². The van der Waals surface area contributed by atoms with Crippen LogP contribution in [0.15, 0.2) is 65.7 Å². The number of nitrogens with zero attached hydrogens (tertiary/aromatic N) is 4. The van der Waals surface area contributed by atoms with Gasteiger partial charge in [-0.15, -0.1) is 0 Å². The third kappa shape index (κ3) is 3.33. The van der Waals surface area contributed by atoms with Crippen molar-refractivity contribution in [2.24, 2.45) is 0 Å². The van der Waals surface area contributed by atoms with Crippen LogP contribution in [0.1, 0.15) is 27.8 Å². The van der Waals surface area contributed by atoms with Crippen molar-refractivity contribution in [1.29, 1.82) is 5.26 Å². The maximum Gasteiger partial charge on any atom is 0.268 e. The Balaban J connectivity index is 1.66. The van der Waals surface area contributed by atoms with Crippen molar-refractivity contribution in [3.05, 3.63) is 88.6 Å². The summed E-state index contributed by atoms with van der Waals surface area (Å²) in [7, 11) is -3.79. The molecule has 0 unspecified atom stereocenters. The molecule has 0 spiro atoms. The molecule has 8 heteroatoms. The van der Waals surface area contributed by atoms with E-state index in [1.807, 2.05) is 26.8 Å². The van der Waals surface area contributed by atoms with Crippen LogP contribution < -0.4 is 0 Å². The monoisotopic (exact) mass is 470 g/mol. The smallest absolute Gasteiger partial charge is 0.268 e. The SMILES string of the molecule is Cc1ccc(S(=O)(=O)n2ccc3c(Cn4nc5ccc(C#N)cc5c4O)c(C)cc(C)c32)cc1. The number of nitriles is 1. The molecule has 5 aromatic rings. The Bertz CT molecular complexity index is 1740. The van der Waals surface area contributed by atoms with Crippen molar-refractivity contribution in [3.8, 4) is 11.9 Å². The van der Waals surface area contributed by atoms with Crippen LogP contribution in [0.5, 0.6) is 5.88 Å². The number of hydrogen-bond acceptors (Lipinski definition) is 5. The van der Waals surface area contributed by atoms with Crippen molar-refractivity contribution in [1.82, 2.24) is 13.8 Å². The highest BCUT2D eigenvalue weighted by atomic mass is 32.2. The van der Waals surface area contributed by atoms with Gasteiger partial charge < -0.3 is 5.11 Å². The van der Waals surface area contributed by atoms with Crippen molar-refractivity contribution in [2.75, 3.05) is 0 Å². The maximum absolute atomic E-state index is 13.4. The molecule has 0 aliphatic rings. The highest BCUT2D eigenvalue weighted by Crippen LogP contribution is 2.32. The molecule has 170 valence electrons. The molecule has 5 rings (SSSR count). The minimum absolute atomic E-state index is 0.0352. The zero-order valence-corrected chi connectivity index (χ0v) is 19.8. The van der Waals surface area contributed by atoms with Gasteiger partial charge in [0.1, 0.15) is 0 Å². The second kappa shape index (κ2) is 7.75. The highest BCUT2D eigenvalue weighted by Gasteiger charge is 2.22. The molecule has 0 bridgehead atoms. The lowest BCUT2D eigenvalue weighted by Gasteiger charge is -2.14. The summed E-state index contributed by atoms with van der Waals surface area (Å²) < 4.78 is 29.7. The van der Waals surface area contributed by atoms with Crippen LogP contribution in [-0.4, -0.2) is 27.3 Å². The number of aromatic nitrogens is 3. The van der Waals surface area contributed by atoms with E-state index in [1.54, 1.807) is 54.7 Å². The molecule has 0 fully saturated rings. The van der Waals surface area contributed by atoms with Crippen molar-refractivity contribution in [2.45, 2.75) is 32.2 Å². The molecule has 1 N–H and O–H groups in total. The molecule has 3 aromatic carbocycles. The topological polar surface area (TPSA) is 101 Å². The number of hydrogen-bond donors (Lipinski definition) is 1. The number of aryl methyl sites for hydroxylation is 3. The summed E-state index contributed by atoms with van der Waals surface area (Å²) in [5.41, 5.74) is 5.27. The van der Waals surface area contributed by atoms with Crippen LogP contribution in [0.3, 0.4) is 0 Å². The summed E-state index contributed by atoms with van der Waals surface area (Å²) in [6.07, 6.45) is 1.58. The normalized spacial score (nSPS) is 11.8. The average Bonchev–Trinajstić information content (AvgIpc) is 3.39. The van der Waals surface area contributed by atoms with E-state index < -0.39 is 10.0 Å². The molecule has 0 aliphatic carbocycles. The van der Waals surface area contributed by atoms with Gasteiger partial charge in [-0.3, -0.25) is 0 Å². The molecule has 0 radical (unpaired) electrons. The minimum atomic E-state index is -3.79. The molecule has 34 heavy (non-hydrogen) atoms. The molecule has 0 saturated heterocycles. The first-order chi connectivity index (χ1) is 16.2. The van der Waals surface area contributed by atoms with Crippen LogP contribution in [0, 0.1) is 32.1 Å². The quantitative estimate of drug-likeness (QED) is 0.407. The lowest BCUT2D eigenvalue weighted by atomic mass is 10.0. The zero-order chi connectivity index (χ0) is 24.2. The first-order valence-corrected chi connectivity index (χ1v) is 12.2. The second-order valence-electron chi connectivity index (χ2n) is 8.51. The van der Waals surface area contributed by atoms with E-state index in [0.29, 0.717) is 22.0 Å². The van der Waals surface area contributed by atoms with Gasteiger partial charge in [0.25, 0.3) is 10.0 Å². The summed E-state index contributed by atoms with van der Waals surface area (Å²) >= 11 is 0. The molecule has 2 heterocycles.